The molecule has 3 heterocycles. The van der Waals surface area contributed by atoms with Crippen molar-refractivity contribution in [2.24, 2.45) is 0 Å². The van der Waals surface area contributed by atoms with Crippen molar-refractivity contribution in [2.75, 3.05) is 20.8 Å². The first kappa shape index (κ1) is 13.6. The number of benzene rings is 2. The Bertz CT molecular complexity index is 942. The molecule has 0 radical (unpaired) electrons. The Morgan fingerprint density at radius 3 is 2.79 bits per heavy atom. The second kappa shape index (κ2) is 4.84. The van der Waals surface area contributed by atoms with Gasteiger partial charge in [-0.15, -0.1) is 0 Å². The van der Waals surface area contributed by atoms with E-state index in [4.69, 9.17) is 23.4 Å². The van der Waals surface area contributed by atoms with Gasteiger partial charge in [0.05, 0.1) is 33.0 Å². The van der Waals surface area contributed by atoms with Gasteiger partial charge in [0.15, 0.2) is 11.5 Å². The van der Waals surface area contributed by atoms with Crippen molar-refractivity contribution >= 4 is 11.0 Å². The molecular formula is C19H16O5. The van der Waals surface area contributed by atoms with Crippen LogP contribution in [0.4, 0.5) is 0 Å². The Kier molecular flexibility index (Phi) is 2.74. The number of fused-ring (bicyclic) bond motifs is 6. The number of furan rings is 1. The molecule has 0 fully saturated rings. The summed E-state index contributed by atoms with van der Waals surface area (Å²) in [6, 6.07) is 9.92. The van der Waals surface area contributed by atoms with Gasteiger partial charge >= 0.3 is 0 Å². The van der Waals surface area contributed by atoms with Crippen LogP contribution in [-0.4, -0.2) is 20.8 Å². The highest BCUT2D eigenvalue weighted by atomic mass is 16.5. The molecule has 122 valence electrons. The standard InChI is InChI=1S/C19H16O5/c1-20-14-4-3-11-13-9-23-16-8-15-10(5-6-22-15)7-12(16)17(13)24-18(11)19(14)21-2/h3-8,13,17H,9H2,1-2H3. The normalized spacial score (nSPS) is 20.6. The number of rotatable bonds is 2. The molecule has 3 aromatic rings. The Hall–Kier alpha value is -2.82. The lowest BCUT2D eigenvalue weighted by molar-refractivity contribution is 0.137. The fourth-order valence-electron chi connectivity index (χ4n) is 3.69. The third-order valence-corrected chi connectivity index (χ3v) is 4.85. The van der Waals surface area contributed by atoms with Crippen molar-refractivity contribution in [2.45, 2.75) is 12.0 Å². The molecule has 5 nitrogen and oxygen atoms in total. The third-order valence-electron chi connectivity index (χ3n) is 4.85. The second-order valence-electron chi connectivity index (χ2n) is 6.02. The second-order valence-corrected chi connectivity index (χ2v) is 6.02. The Balaban J connectivity index is 1.66. The molecule has 0 amide bonds. The first-order chi connectivity index (χ1) is 11.8. The topological polar surface area (TPSA) is 50.1 Å². The molecule has 0 bridgehead atoms. The SMILES string of the molecule is COc1ccc2c(c1OC)OC1c3cc4ccoc4cc3OCC21. The van der Waals surface area contributed by atoms with E-state index in [9.17, 15) is 0 Å². The zero-order valence-electron chi connectivity index (χ0n) is 13.4. The zero-order chi connectivity index (χ0) is 16.3. The van der Waals surface area contributed by atoms with Crippen LogP contribution in [0, 0.1) is 0 Å². The molecule has 2 atom stereocenters. The van der Waals surface area contributed by atoms with Crippen LogP contribution in [0.1, 0.15) is 23.1 Å². The van der Waals surface area contributed by atoms with Gasteiger partial charge in [0.2, 0.25) is 5.75 Å². The van der Waals surface area contributed by atoms with Crippen LogP contribution < -0.4 is 18.9 Å². The molecule has 0 saturated carbocycles. The first-order valence-electron chi connectivity index (χ1n) is 7.85. The molecule has 2 aromatic carbocycles. The molecule has 24 heavy (non-hydrogen) atoms. The van der Waals surface area contributed by atoms with Crippen molar-refractivity contribution in [3.05, 3.63) is 47.7 Å². The van der Waals surface area contributed by atoms with Crippen molar-refractivity contribution in [1.29, 1.82) is 0 Å². The number of hydrogen-bond acceptors (Lipinski definition) is 5. The van der Waals surface area contributed by atoms with E-state index in [1.54, 1.807) is 20.5 Å². The van der Waals surface area contributed by atoms with Gasteiger partial charge in [0.25, 0.3) is 0 Å². The van der Waals surface area contributed by atoms with E-state index in [0.717, 1.165) is 33.6 Å². The van der Waals surface area contributed by atoms with E-state index < -0.39 is 0 Å². The molecular weight excluding hydrogens is 308 g/mol. The Morgan fingerprint density at radius 1 is 1.04 bits per heavy atom. The maximum Gasteiger partial charge on any atom is 0.203 e. The van der Waals surface area contributed by atoms with E-state index in [2.05, 4.69) is 6.07 Å². The Morgan fingerprint density at radius 2 is 1.96 bits per heavy atom. The van der Waals surface area contributed by atoms with Gasteiger partial charge in [-0.25, -0.2) is 0 Å². The van der Waals surface area contributed by atoms with Crippen LogP contribution in [-0.2, 0) is 0 Å². The minimum atomic E-state index is -0.0935. The third kappa shape index (κ3) is 1.69. The lowest BCUT2D eigenvalue weighted by Crippen LogP contribution is -2.23. The van der Waals surface area contributed by atoms with Crippen LogP contribution in [0.3, 0.4) is 0 Å². The Labute approximate surface area is 138 Å². The molecule has 0 saturated heterocycles. The fraction of sp³-hybridized carbons (Fsp3) is 0.263. The fourth-order valence-corrected chi connectivity index (χ4v) is 3.69. The van der Waals surface area contributed by atoms with Crippen LogP contribution >= 0.6 is 0 Å². The average Bonchev–Trinajstić information content (AvgIpc) is 3.22. The molecule has 2 aliphatic rings. The molecule has 0 spiro atoms. The molecule has 2 unspecified atom stereocenters. The quantitative estimate of drug-likeness (QED) is 0.711. The highest BCUT2D eigenvalue weighted by Gasteiger charge is 2.43. The maximum absolute atomic E-state index is 6.31. The van der Waals surface area contributed by atoms with Crippen LogP contribution in [0.15, 0.2) is 41.0 Å². The lowest BCUT2D eigenvalue weighted by Gasteiger charge is -2.27. The highest BCUT2D eigenvalue weighted by molar-refractivity contribution is 5.80. The van der Waals surface area contributed by atoms with Gasteiger partial charge in [-0.2, -0.15) is 0 Å². The van der Waals surface area contributed by atoms with Gasteiger partial charge in [0.1, 0.15) is 17.4 Å². The van der Waals surface area contributed by atoms with E-state index in [0.29, 0.717) is 18.1 Å². The molecule has 2 aliphatic heterocycles. The van der Waals surface area contributed by atoms with Gasteiger partial charge < -0.3 is 23.4 Å². The van der Waals surface area contributed by atoms with Gasteiger partial charge in [-0.1, -0.05) is 6.07 Å². The molecule has 5 heteroatoms. The lowest BCUT2D eigenvalue weighted by atomic mass is 9.89. The van der Waals surface area contributed by atoms with E-state index in [1.807, 2.05) is 24.3 Å². The molecule has 0 N–H and O–H groups in total. The maximum atomic E-state index is 6.31. The summed E-state index contributed by atoms with van der Waals surface area (Å²) in [5.41, 5.74) is 2.95. The summed E-state index contributed by atoms with van der Waals surface area (Å²) in [7, 11) is 3.25. The van der Waals surface area contributed by atoms with E-state index in [1.165, 1.54) is 0 Å². The van der Waals surface area contributed by atoms with Gasteiger partial charge in [0, 0.05) is 22.6 Å². The van der Waals surface area contributed by atoms with Crippen LogP contribution in [0.2, 0.25) is 0 Å². The monoisotopic (exact) mass is 324 g/mol. The largest absolute Gasteiger partial charge is 0.493 e. The number of hydrogen-bond donors (Lipinski definition) is 0. The minimum absolute atomic E-state index is 0.0935. The highest BCUT2D eigenvalue weighted by Crippen LogP contribution is 2.56. The van der Waals surface area contributed by atoms with Gasteiger partial charge in [-0.3, -0.25) is 0 Å². The summed E-state index contributed by atoms with van der Waals surface area (Å²) in [6.07, 6.45) is 1.59. The molecule has 5 rings (SSSR count). The molecule has 1 aromatic heterocycles. The summed E-state index contributed by atoms with van der Waals surface area (Å²) >= 11 is 0. The van der Waals surface area contributed by atoms with E-state index in [-0.39, 0.29) is 12.0 Å². The number of methoxy groups -OCH3 is 2. The van der Waals surface area contributed by atoms with Crippen LogP contribution in [0.5, 0.6) is 23.0 Å². The average molecular weight is 324 g/mol. The summed E-state index contributed by atoms with van der Waals surface area (Å²) in [5, 5.41) is 1.04. The number of ether oxygens (including phenoxy) is 4. The van der Waals surface area contributed by atoms with Crippen molar-refractivity contribution in [3.8, 4) is 23.0 Å². The van der Waals surface area contributed by atoms with E-state index >= 15 is 0 Å². The summed E-state index contributed by atoms with van der Waals surface area (Å²) in [4.78, 5) is 0. The zero-order valence-corrected chi connectivity index (χ0v) is 13.4. The van der Waals surface area contributed by atoms with Crippen LogP contribution in [0.25, 0.3) is 11.0 Å². The predicted octanol–water partition coefficient (Wildman–Crippen LogP) is 4.06. The van der Waals surface area contributed by atoms with Crippen molar-refractivity contribution in [3.63, 3.8) is 0 Å². The summed E-state index contributed by atoms with van der Waals surface area (Å²) < 4.78 is 28.7. The summed E-state index contributed by atoms with van der Waals surface area (Å²) in [6.45, 7) is 0.562. The van der Waals surface area contributed by atoms with Crippen molar-refractivity contribution in [1.82, 2.24) is 0 Å². The smallest absolute Gasteiger partial charge is 0.203 e. The first-order valence-corrected chi connectivity index (χ1v) is 7.85. The minimum Gasteiger partial charge on any atom is -0.493 e. The predicted molar refractivity (Wildman–Crippen MR) is 87.4 cm³/mol. The summed E-state index contributed by atoms with van der Waals surface area (Å²) in [5.74, 6) is 3.00. The van der Waals surface area contributed by atoms with Crippen molar-refractivity contribution < 1.29 is 23.4 Å². The molecule has 0 aliphatic carbocycles. The van der Waals surface area contributed by atoms with Gasteiger partial charge in [-0.05, 0) is 18.2 Å².